The average molecular weight is 535 g/mol. The fourth-order valence-electron chi connectivity index (χ4n) is 4.03. The van der Waals surface area contributed by atoms with Gasteiger partial charge in [-0.3, -0.25) is 19.1 Å². The molecular weight excluding hydrogens is 495 g/mol. The maximum absolute atomic E-state index is 13.1. The number of ketones is 1. The van der Waals surface area contributed by atoms with Crippen molar-refractivity contribution >= 4 is 37.1 Å². The molecule has 0 saturated heterocycles. The van der Waals surface area contributed by atoms with Crippen molar-refractivity contribution in [3.8, 4) is 0 Å². The standard InChI is InChI=1S/C26H39BN4O5.ClH/c1-6-7-8-19-9-11-20(12-10-19)23(32)15-21(25(33)29-24(27(35)36)13-17(2)3)16-28-26(34)22-14-18(4)30-31(22)5;/h9-12,14,17,21,24,35-36H,6-8,13,15-16H2,1-5H3,(H,28,34)(H,29,33);1H/t21-,24-;/m0./s1. The van der Waals surface area contributed by atoms with Crippen LogP contribution in [-0.2, 0) is 18.3 Å². The Kier molecular flexibility index (Phi) is 13.6. The van der Waals surface area contributed by atoms with E-state index in [1.54, 1.807) is 32.2 Å². The van der Waals surface area contributed by atoms with Gasteiger partial charge in [0.05, 0.1) is 17.6 Å². The summed E-state index contributed by atoms with van der Waals surface area (Å²) in [6.45, 7) is 7.61. The van der Waals surface area contributed by atoms with Crippen LogP contribution in [0.25, 0.3) is 0 Å². The van der Waals surface area contributed by atoms with Crippen molar-refractivity contribution in [2.75, 3.05) is 6.54 Å². The summed E-state index contributed by atoms with van der Waals surface area (Å²) >= 11 is 0. The van der Waals surface area contributed by atoms with Gasteiger partial charge in [0.15, 0.2) is 5.78 Å². The second-order valence-electron chi connectivity index (χ2n) is 9.79. The quantitative estimate of drug-likeness (QED) is 0.217. The van der Waals surface area contributed by atoms with Gasteiger partial charge in [-0.25, -0.2) is 0 Å². The van der Waals surface area contributed by atoms with E-state index in [0.29, 0.717) is 23.4 Å². The van der Waals surface area contributed by atoms with E-state index >= 15 is 0 Å². The fourth-order valence-corrected chi connectivity index (χ4v) is 4.03. The summed E-state index contributed by atoms with van der Waals surface area (Å²) in [7, 11) is -0.0887. The Balaban J connectivity index is 0.00000684. The van der Waals surface area contributed by atoms with Crippen LogP contribution < -0.4 is 10.6 Å². The number of Topliss-reactive ketones (excluding diaryl/α,β-unsaturated/α-hetero) is 1. The Morgan fingerprint density at radius 2 is 1.78 bits per heavy atom. The lowest BCUT2D eigenvalue weighted by atomic mass is 9.74. The molecule has 1 heterocycles. The minimum absolute atomic E-state index is 0. The number of unbranched alkanes of at least 4 members (excludes halogenated alkanes) is 1. The number of amides is 2. The van der Waals surface area contributed by atoms with Gasteiger partial charge in [-0.2, -0.15) is 5.10 Å². The first-order valence-corrected chi connectivity index (χ1v) is 12.6. The molecule has 204 valence electrons. The summed E-state index contributed by atoms with van der Waals surface area (Å²) in [6.07, 6.45) is 3.31. The maximum atomic E-state index is 13.1. The number of nitrogens with zero attached hydrogens (tertiary/aromatic N) is 2. The van der Waals surface area contributed by atoms with Gasteiger partial charge in [0.25, 0.3) is 5.91 Å². The molecule has 0 fully saturated rings. The molecule has 4 N–H and O–H groups in total. The number of aryl methyl sites for hydroxylation is 3. The molecule has 2 amide bonds. The third-order valence-electron chi connectivity index (χ3n) is 6.05. The molecule has 0 aliphatic carbocycles. The molecule has 0 bridgehead atoms. The molecule has 0 saturated carbocycles. The number of nitrogens with one attached hydrogen (secondary N) is 2. The number of carbonyl (C=O) groups is 3. The highest BCUT2D eigenvalue weighted by Crippen LogP contribution is 2.15. The first-order valence-electron chi connectivity index (χ1n) is 12.6. The normalized spacial score (nSPS) is 12.4. The summed E-state index contributed by atoms with van der Waals surface area (Å²) in [4.78, 5) is 38.9. The Morgan fingerprint density at radius 1 is 1.14 bits per heavy atom. The summed E-state index contributed by atoms with van der Waals surface area (Å²) in [5, 5.41) is 29.0. The molecule has 11 heteroatoms. The van der Waals surface area contributed by atoms with Crippen LogP contribution in [0.3, 0.4) is 0 Å². The van der Waals surface area contributed by atoms with E-state index in [9.17, 15) is 24.4 Å². The fraction of sp³-hybridized carbons (Fsp3) is 0.538. The predicted octanol–water partition coefficient (Wildman–Crippen LogP) is 2.65. The molecule has 1 aromatic carbocycles. The van der Waals surface area contributed by atoms with Gasteiger partial charge < -0.3 is 20.7 Å². The van der Waals surface area contributed by atoms with Crippen LogP contribution in [0, 0.1) is 18.8 Å². The number of rotatable bonds is 14. The van der Waals surface area contributed by atoms with Crippen LogP contribution in [0.15, 0.2) is 30.3 Å². The van der Waals surface area contributed by atoms with Crippen molar-refractivity contribution in [2.45, 2.75) is 65.7 Å². The lowest BCUT2D eigenvalue weighted by molar-refractivity contribution is -0.125. The SMILES string of the molecule is CCCCc1ccc(C(=O)C[C@@H](CNC(=O)c2cc(C)nn2C)C(=O)N[C@@H](CC(C)C)B(O)O)cc1.Cl. The van der Waals surface area contributed by atoms with E-state index in [0.717, 1.165) is 24.8 Å². The number of halogens is 1. The van der Waals surface area contributed by atoms with Crippen molar-refractivity contribution in [3.05, 3.63) is 52.8 Å². The number of carbonyl (C=O) groups excluding carboxylic acids is 3. The summed E-state index contributed by atoms with van der Waals surface area (Å²) in [6, 6.07) is 9.00. The molecule has 2 aromatic rings. The Morgan fingerprint density at radius 3 is 2.30 bits per heavy atom. The molecule has 9 nitrogen and oxygen atoms in total. The van der Waals surface area contributed by atoms with Gasteiger partial charge in [-0.1, -0.05) is 51.5 Å². The lowest BCUT2D eigenvalue weighted by Crippen LogP contribution is -2.51. The third-order valence-corrected chi connectivity index (χ3v) is 6.05. The number of benzene rings is 1. The van der Waals surface area contributed by atoms with Crippen molar-refractivity contribution in [1.82, 2.24) is 20.4 Å². The highest BCUT2D eigenvalue weighted by molar-refractivity contribution is 6.43. The first-order chi connectivity index (χ1) is 17.0. The minimum Gasteiger partial charge on any atom is -0.426 e. The van der Waals surface area contributed by atoms with E-state index in [4.69, 9.17) is 0 Å². The second-order valence-corrected chi connectivity index (χ2v) is 9.79. The summed E-state index contributed by atoms with van der Waals surface area (Å²) in [5.41, 5.74) is 2.66. The zero-order chi connectivity index (χ0) is 26.8. The van der Waals surface area contributed by atoms with Crippen LogP contribution in [0.1, 0.15) is 78.6 Å². The number of hydrogen-bond acceptors (Lipinski definition) is 6. The molecule has 0 unspecified atom stereocenters. The molecule has 0 aliphatic rings. The molecule has 0 aliphatic heterocycles. The molecule has 37 heavy (non-hydrogen) atoms. The molecular formula is C26H40BClN4O5. The predicted molar refractivity (Wildman–Crippen MR) is 147 cm³/mol. The van der Waals surface area contributed by atoms with Crippen LogP contribution in [0.5, 0.6) is 0 Å². The van der Waals surface area contributed by atoms with E-state index in [1.165, 1.54) is 4.68 Å². The van der Waals surface area contributed by atoms with Crippen LogP contribution in [0.2, 0.25) is 0 Å². The average Bonchev–Trinajstić information content (AvgIpc) is 3.17. The van der Waals surface area contributed by atoms with Crippen molar-refractivity contribution in [3.63, 3.8) is 0 Å². The zero-order valence-corrected chi connectivity index (χ0v) is 23.2. The third kappa shape index (κ3) is 10.3. The van der Waals surface area contributed by atoms with Gasteiger partial charge in [0.2, 0.25) is 5.91 Å². The van der Waals surface area contributed by atoms with Crippen LogP contribution in [-0.4, -0.2) is 57.0 Å². The summed E-state index contributed by atoms with van der Waals surface area (Å²) < 4.78 is 1.45. The lowest BCUT2D eigenvalue weighted by Gasteiger charge is -2.23. The summed E-state index contributed by atoms with van der Waals surface area (Å²) in [5.74, 6) is -2.84. The molecule has 1 aromatic heterocycles. The van der Waals surface area contributed by atoms with Gasteiger partial charge in [-0.05, 0) is 43.7 Å². The Labute approximate surface area is 226 Å². The van der Waals surface area contributed by atoms with Gasteiger partial charge in [0, 0.05) is 25.6 Å². The van der Waals surface area contributed by atoms with Gasteiger partial charge >= 0.3 is 7.12 Å². The van der Waals surface area contributed by atoms with Gasteiger partial charge in [0.1, 0.15) is 5.69 Å². The molecule has 0 radical (unpaired) electrons. The van der Waals surface area contributed by atoms with Crippen molar-refractivity contribution in [2.24, 2.45) is 18.9 Å². The second kappa shape index (κ2) is 15.5. The number of hydrogen-bond donors (Lipinski definition) is 4. The van der Waals surface area contributed by atoms with E-state index in [2.05, 4.69) is 22.7 Å². The van der Waals surface area contributed by atoms with E-state index in [-0.39, 0.29) is 37.1 Å². The zero-order valence-electron chi connectivity index (χ0n) is 22.4. The Bertz CT molecular complexity index is 1030. The van der Waals surface area contributed by atoms with E-state index in [1.807, 2.05) is 26.0 Å². The Hall–Kier alpha value is -2.69. The largest absolute Gasteiger partial charge is 0.475 e. The first kappa shape index (κ1) is 32.3. The van der Waals surface area contributed by atoms with Crippen LogP contribution in [0.4, 0.5) is 0 Å². The smallest absolute Gasteiger partial charge is 0.426 e. The number of aromatic nitrogens is 2. The topological polar surface area (TPSA) is 134 Å². The van der Waals surface area contributed by atoms with Crippen molar-refractivity contribution in [1.29, 1.82) is 0 Å². The highest BCUT2D eigenvalue weighted by Gasteiger charge is 2.31. The highest BCUT2D eigenvalue weighted by atomic mass is 35.5. The minimum atomic E-state index is -1.74. The molecule has 2 rings (SSSR count). The monoisotopic (exact) mass is 534 g/mol. The van der Waals surface area contributed by atoms with E-state index < -0.39 is 30.8 Å². The van der Waals surface area contributed by atoms with Crippen molar-refractivity contribution < 1.29 is 24.4 Å². The maximum Gasteiger partial charge on any atom is 0.475 e. The molecule has 2 atom stereocenters. The molecule has 0 spiro atoms. The van der Waals surface area contributed by atoms with Gasteiger partial charge in [-0.15, -0.1) is 12.4 Å². The van der Waals surface area contributed by atoms with Crippen LogP contribution >= 0.6 is 12.4 Å².